The van der Waals surface area contributed by atoms with Crippen molar-refractivity contribution >= 4 is 45.2 Å². The molecule has 216 valence electrons. The van der Waals surface area contributed by atoms with Crippen molar-refractivity contribution in [1.82, 2.24) is 4.90 Å². The van der Waals surface area contributed by atoms with Gasteiger partial charge in [0.25, 0.3) is 0 Å². The topological polar surface area (TPSA) is 53.6 Å². The van der Waals surface area contributed by atoms with E-state index in [-0.39, 0.29) is 29.3 Å². The number of nitrogens with zero attached hydrogens (tertiary/aromatic N) is 1. The summed E-state index contributed by atoms with van der Waals surface area (Å²) in [6.45, 7) is 3.16. The Morgan fingerprint density at radius 2 is 1.98 bits per heavy atom. The standard InChI is InChI=1S/C28H31F5N3O2PS/c1-36-13-11-22(21(30)16-36)35-24-7-4-6-19-20(15-28(31,32)33)26(40-27(19)24)8-5-12-34-23-10-9-18(39(2,3)37)14-25(23)38-17-29/h4,6-7,9-10,14,21-22,34-35H,11-13,15-17H2,1-3H3/t21-,22-/m0/s1. The zero-order valence-corrected chi connectivity index (χ0v) is 24.1. The molecule has 12 heteroatoms. The average Bonchev–Trinajstić information content (AvgIpc) is 3.20. The molecule has 2 heterocycles. The Labute approximate surface area is 234 Å². The molecule has 2 aromatic carbocycles. The van der Waals surface area contributed by atoms with Gasteiger partial charge in [-0.1, -0.05) is 24.0 Å². The van der Waals surface area contributed by atoms with Gasteiger partial charge in [0.15, 0.2) is 0 Å². The second-order valence-corrected chi connectivity index (χ2v) is 14.4. The Morgan fingerprint density at radius 3 is 2.65 bits per heavy atom. The van der Waals surface area contributed by atoms with Crippen molar-refractivity contribution in [3.05, 3.63) is 46.8 Å². The molecule has 3 aromatic rings. The Kier molecular flexibility index (Phi) is 9.33. The van der Waals surface area contributed by atoms with E-state index >= 15 is 0 Å². The third-order valence-electron chi connectivity index (χ3n) is 6.65. The number of likely N-dealkylation sites (tertiary alicyclic amines) is 1. The van der Waals surface area contributed by atoms with Crippen molar-refractivity contribution in [3.63, 3.8) is 0 Å². The van der Waals surface area contributed by atoms with E-state index in [1.165, 1.54) is 6.07 Å². The second kappa shape index (κ2) is 12.4. The van der Waals surface area contributed by atoms with E-state index in [2.05, 4.69) is 22.5 Å². The van der Waals surface area contributed by atoms with Gasteiger partial charge in [0, 0.05) is 18.4 Å². The smallest absolute Gasteiger partial charge is 0.393 e. The lowest BCUT2D eigenvalue weighted by Crippen LogP contribution is -2.46. The van der Waals surface area contributed by atoms with Crippen LogP contribution in [-0.4, -0.2) is 70.2 Å². The molecule has 0 unspecified atom stereocenters. The molecule has 1 fully saturated rings. The zero-order valence-electron chi connectivity index (χ0n) is 22.4. The maximum absolute atomic E-state index is 14.7. The molecule has 4 rings (SSSR count). The second-order valence-electron chi connectivity index (χ2n) is 10.1. The summed E-state index contributed by atoms with van der Waals surface area (Å²) in [6.07, 6.45) is -6.10. The molecule has 0 spiro atoms. The highest BCUT2D eigenvalue weighted by Gasteiger charge is 2.32. The van der Waals surface area contributed by atoms with E-state index in [0.29, 0.717) is 33.2 Å². The summed E-state index contributed by atoms with van der Waals surface area (Å²) in [5.74, 6) is 5.89. The molecular weight excluding hydrogens is 568 g/mol. The summed E-state index contributed by atoms with van der Waals surface area (Å²) in [6, 6.07) is 9.37. The molecule has 40 heavy (non-hydrogen) atoms. The molecule has 0 aliphatic carbocycles. The van der Waals surface area contributed by atoms with Crippen LogP contribution in [0.4, 0.5) is 33.3 Å². The van der Waals surface area contributed by atoms with Gasteiger partial charge in [-0.25, -0.2) is 8.78 Å². The van der Waals surface area contributed by atoms with Crippen LogP contribution in [0, 0.1) is 11.8 Å². The fourth-order valence-electron chi connectivity index (χ4n) is 4.61. The summed E-state index contributed by atoms with van der Waals surface area (Å²) in [4.78, 5) is 2.18. The predicted molar refractivity (Wildman–Crippen MR) is 154 cm³/mol. The molecule has 5 nitrogen and oxygen atoms in total. The first kappa shape index (κ1) is 30.2. The number of halogens is 5. The number of hydrogen-bond acceptors (Lipinski definition) is 6. The van der Waals surface area contributed by atoms with Gasteiger partial charge in [-0.2, -0.15) is 13.2 Å². The third-order valence-corrected chi connectivity index (χ3v) is 9.37. The van der Waals surface area contributed by atoms with Crippen LogP contribution in [0.3, 0.4) is 0 Å². The molecule has 1 saturated heterocycles. The van der Waals surface area contributed by atoms with Gasteiger partial charge in [-0.15, -0.1) is 11.3 Å². The number of benzene rings is 2. The molecule has 2 N–H and O–H groups in total. The highest BCUT2D eigenvalue weighted by molar-refractivity contribution is 7.70. The number of rotatable bonds is 8. The van der Waals surface area contributed by atoms with E-state index in [1.54, 1.807) is 43.7 Å². The van der Waals surface area contributed by atoms with Crippen LogP contribution < -0.4 is 20.7 Å². The monoisotopic (exact) mass is 599 g/mol. The van der Waals surface area contributed by atoms with Crippen LogP contribution in [0.5, 0.6) is 5.75 Å². The maximum atomic E-state index is 14.7. The minimum absolute atomic E-state index is 0.0435. The first-order valence-electron chi connectivity index (χ1n) is 12.7. The van der Waals surface area contributed by atoms with E-state index in [9.17, 15) is 26.5 Å². The minimum Gasteiger partial charge on any atom is -0.461 e. The van der Waals surface area contributed by atoms with Gasteiger partial charge in [-0.05, 0) is 62.0 Å². The Balaban J connectivity index is 1.60. The lowest BCUT2D eigenvalue weighted by Gasteiger charge is -2.33. The van der Waals surface area contributed by atoms with Crippen molar-refractivity contribution in [3.8, 4) is 17.6 Å². The van der Waals surface area contributed by atoms with Crippen molar-refractivity contribution in [2.75, 3.05) is 57.5 Å². The predicted octanol–water partition coefficient (Wildman–Crippen LogP) is 6.48. The van der Waals surface area contributed by atoms with E-state index in [4.69, 9.17) is 4.74 Å². The number of anilines is 2. The zero-order chi connectivity index (χ0) is 29.1. The van der Waals surface area contributed by atoms with E-state index < -0.39 is 38.8 Å². The molecular formula is C28H31F5N3O2PS. The molecule has 0 saturated carbocycles. The van der Waals surface area contributed by atoms with Crippen LogP contribution in [-0.2, 0) is 11.0 Å². The summed E-state index contributed by atoms with van der Waals surface area (Å²) in [5, 5.41) is 7.18. The van der Waals surface area contributed by atoms with E-state index in [1.807, 2.05) is 11.9 Å². The lowest BCUT2D eigenvalue weighted by molar-refractivity contribution is -0.126. The maximum Gasteiger partial charge on any atom is 0.393 e. The number of hydrogen-bond donors (Lipinski definition) is 2. The minimum atomic E-state index is -4.44. The number of piperidine rings is 1. The Bertz CT molecular complexity index is 1460. The fourth-order valence-corrected chi connectivity index (χ4v) is 6.65. The molecule has 0 radical (unpaired) electrons. The largest absolute Gasteiger partial charge is 0.461 e. The third kappa shape index (κ3) is 7.48. The highest BCUT2D eigenvalue weighted by atomic mass is 32.1. The van der Waals surface area contributed by atoms with Crippen molar-refractivity contribution in [1.29, 1.82) is 0 Å². The summed E-state index contributed by atoms with van der Waals surface area (Å²) in [5.41, 5.74) is 1.09. The van der Waals surface area contributed by atoms with E-state index in [0.717, 1.165) is 17.9 Å². The Morgan fingerprint density at radius 1 is 1.20 bits per heavy atom. The van der Waals surface area contributed by atoms with Gasteiger partial charge in [0.2, 0.25) is 6.86 Å². The van der Waals surface area contributed by atoms with Crippen LogP contribution in [0.25, 0.3) is 10.1 Å². The molecule has 1 aliphatic rings. The first-order chi connectivity index (χ1) is 18.9. The quantitative estimate of drug-likeness (QED) is 0.177. The van der Waals surface area contributed by atoms with Gasteiger partial charge >= 0.3 is 6.18 Å². The van der Waals surface area contributed by atoms with Crippen molar-refractivity contribution < 1.29 is 31.3 Å². The first-order valence-corrected chi connectivity index (χ1v) is 16.1. The molecule has 1 aliphatic heterocycles. The summed E-state index contributed by atoms with van der Waals surface area (Å²) < 4.78 is 86.2. The van der Waals surface area contributed by atoms with Gasteiger partial charge < -0.3 is 24.8 Å². The van der Waals surface area contributed by atoms with Crippen LogP contribution in [0.1, 0.15) is 16.9 Å². The summed E-state index contributed by atoms with van der Waals surface area (Å²) in [7, 11) is -0.745. The molecule has 0 amide bonds. The number of alkyl halides is 5. The van der Waals surface area contributed by atoms with Crippen molar-refractivity contribution in [2.45, 2.75) is 31.2 Å². The molecule has 0 bridgehead atoms. The fraction of sp³-hybridized carbons (Fsp3) is 0.429. The van der Waals surface area contributed by atoms with Crippen LogP contribution in [0.15, 0.2) is 36.4 Å². The Hall–Kier alpha value is -2.80. The molecule has 1 aromatic heterocycles. The molecule has 2 atom stereocenters. The van der Waals surface area contributed by atoms with Crippen LogP contribution >= 0.6 is 18.5 Å². The number of ether oxygens (including phenoxy) is 1. The lowest BCUT2D eigenvalue weighted by atomic mass is 10.0. The number of nitrogens with one attached hydrogen (secondary N) is 2. The van der Waals surface area contributed by atoms with Crippen molar-refractivity contribution in [2.24, 2.45) is 0 Å². The highest BCUT2D eigenvalue weighted by Crippen LogP contribution is 2.40. The SMILES string of the molecule is CN1CC[C@H](Nc2cccc3c(CC(F)(F)F)c(C#CCNc4ccc(P(C)(C)=O)cc4OCF)sc23)[C@@H](F)C1. The number of fused-ring (bicyclic) bond motifs is 1. The normalized spacial score (nSPS) is 18.3. The van der Waals surface area contributed by atoms with Crippen LogP contribution in [0.2, 0.25) is 0 Å². The summed E-state index contributed by atoms with van der Waals surface area (Å²) >= 11 is 1.14. The van der Waals surface area contributed by atoms with Gasteiger partial charge in [0.1, 0.15) is 19.1 Å². The average molecular weight is 600 g/mol. The van der Waals surface area contributed by atoms with Gasteiger partial charge in [0.05, 0.1) is 40.0 Å². The number of thiophene rings is 1. The van der Waals surface area contributed by atoms with Gasteiger partial charge in [-0.3, -0.25) is 0 Å².